The van der Waals surface area contributed by atoms with Gasteiger partial charge in [-0.2, -0.15) is 5.26 Å². The van der Waals surface area contributed by atoms with Gasteiger partial charge in [-0.25, -0.2) is 4.98 Å². The van der Waals surface area contributed by atoms with Crippen LogP contribution < -0.4 is 0 Å². The molecule has 2 nitrogen and oxygen atoms in total. The lowest BCUT2D eigenvalue weighted by atomic mass is 10.1. The Morgan fingerprint density at radius 2 is 2.17 bits per heavy atom. The number of thiazole rings is 1. The molecule has 0 aliphatic heterocycles. The number of aromatic nitrogens is 1. The van der Waals surface area contributed by atoms with E-state index in [1.165, 1.54) is 11.1 Å². The van der Waals surface area contributed by atoms with E-state index in [-0.39, 0.29) is 5.92 Å². The maximum atomic E-state index is 8.98. The standard InChI is InChI=1S/C15H16N2S/c1-3-12(9-16)8-15-17-14(10-18-15)13-7-5-4-6-11(13)2/h4-7,10,12H,3,8H2,1-2H3. The summed E-state index contributed by atoms with van der Waals surface area (Å²) in [5, 5.41) is 12.1. The first kappa shape index (κ1) is 12.8. The first-order chi connectivity index (χ1) is 8.74. The summed E-state index contributed by atoms with van der Waals surface area (Å²) < 4.78 is 0. The van der Waals surface area contributed by atoms with Gasteiger partial charge in [-0.3, -0.25) is 0 Å². The fraction of sp³-hybridized carbons (Fsp3) is 0.333. The SMILES string of the molecule is CCC(C#N)Cc1nc(-c2ccccc2C)cs1. The molecule has 1 atom stereocenters. The van der Waals surface area contributed by atoms with Gasteiger partial charge >= 0.3 is 0 Å². The lowest BCUT2D eigenvalue weighted by molar-refractivity contribution is 0.636. The fourth-order valence-electron chi connectivity index (χ4n) is 1.88. The number of hydrogen-bond acceptors (Lipinski definition) is 3. The van der Waals surface area contributed by atoms with Crippen molar-refractivity contribution in [2.45, 2.75) is 26.7 Å². The maximum Gasteiger partial charge on any atom is 0.0945 e. The molecule has 2 aromatic rings. The highest BCUT2D eigenvalue weighted by molar-refractivity contribution is 7.09. The van der Waals surface area contributed by atoms with Gasteiger partial charge in [0.1, 0.15) is 0 Å². The van der Waals surface area contributed by atoms with Crippen LogP contribution in [0.15, 0.2) is 29.6 Å². The van der Waals surface area contributed by atoms with Crippen LogP contribution in [0.3, 0.4) is 0 Å². The highest BCUT2D eigenvalue weighted by Gasteiger charge is 2.11. The molecule has 0 aliphatic carbocycles. The summed E-state index contributed by atoms with van der Waals surface area (Å²) in [6.45, 7) is 4.14. The van der Waals surface area contributed by atoms with Crippen LogP contribution >= 0.6 is 11.3 Å². The van der Waals surface area contributed by atoms with Gasteiger partial charge in [0, 0.05) is 17.4 Å². The molecular formula is C15H16N2S. The molecule has 0 saturated carbocycles. The van der Waals surface area contributed by atoms with E-state index in [4.69, 9.17) is 5.26 Å². The molecule has 1 heterocycles. The van der Waals surface area contributed by atoms with E-state index in [0.29, 0.717) is 0 Å². The van der Waals surface area contributed by atoms with Crippen molar-refractivity contribution in [1.82, 2.24) is 4.98 Å². The second-order valence-corrected chi connectivity index (χ2v) is 5.32. The average molecular weight is 256 g/mol. The van der Waals surface area contributed by atoms with Crippen molar-refractivity contribution in [3.05, 3.63) is 40.2 Å². The monoisotopic (exact) mass is 256 g/mol. The van der Waals surface area contributed by atoms with Crippen LogP contribution in [-0.2, 0) is 6.42 Å². The molecule has 0 amide bonds. The van der Waals surface area contributed by atoms with Crippen molar-refractivity contribution in [2.24, 2.45) is 5.92 Å². The summed E-state index contributed by atoms with van der Waals surface area (Å²) in [5.74, 6) is 0.0841. The molecule has 0 spiro atoms. The van der Waals surface area contributed by atoms with E-state index in [2.05, 4.69) is 35.5 Å². The number of benzene rings is 1. The first-order valence-corrected chi connectivity index (χ1v) is 7.02. The van der Waals surface area contributed by atoms with E-state index >= 15 is 0 Å². The summed E-state index contributed by atoms with van der Waals surface area (Å²) >= 11 is 1.65. The summed E-state index contributed by atoms with van der Waals surface area (Å²) in [6, 6.07) is 10.6. The Balaban J connectivity index is 2.21. The molecule has 0 N–H and O–H groups in total. The van der Waals surface area contributed by atoms with Crippen LogP contribution in [0.25, 0.3) is 11.3 Å². The van der Waals surface area contributed by atoms with Gasteiger partial charge in [0.25, 0.3) is 0 Å². The predicted octanol–water partition coefficient (Wildman–Crippen LogP) is 4.21. The van der Waals surface area contributed by atoms with Crippen LogP contribution in [0.5, 0.6) is 0 Å². The second kappa shape index (κ2) is 5.79. The smallest absolute Gasteiger partial charge is 0.0945 e. The molecule has 2 rings (SSSR count). The summed E-state index contributed by atoms with van der Waals surface area (Å²) in [6.07, 6.45) is 1.65. The van der Waals surface area contributed by atoms with Crippen LogP contribution in [-0.4, -0.2) is 4.98 Å². The molecule has 0 saturated heterocycles. The van der Waals surface area contributed by atoms with Crippen LogP contribution in [0, 0.1) is 24.2 Å². The number of aryl methyl sites for hydroxylation is 1. The lowest BCUT2D eigenvalue weighted by Gasteiger charge is -2.02. The molecule has 18 heavy (non-hydrogen) atoms. The molecule has 1 unspecified atom stereocenters. The molecule has 0 radical (unpaired) electrons. The Morgan fingerprint density at radius 1 is 1.39 bits per heavy atom. The van der Waals surface area contributed by atoms with Gasteiger partial charge in [-0.15, -0.1) is 11.3 Å². The van der Waals surface area contributed by atoms with Gasteiger partial charge in [0.05, 0.1) is 22.7 Å². The van der Waals surface area contributed by atoms with Crippen molar-refractivity contribution in [2.75, 3.05) is 0 Å². The lowest BCUT2D eigenvalue weighted by Crippen LogP contribution is -1.99. The van der Waals surface area contributed by atoms with Gasteiger partial charge < -0.3 is 0 Å². The third-order valence-electron chi connectivity index (χ3n) is 3.07. The first-order valence-electron chi connectivity index (χ1n) is 6.14. The van der Waals surface area contributed by atoms with Gasteiger partial charge in [0.15, 0.2) is 0 Å². The molecule has 92 valence electrons. The molecule has 3 heteroatoms. The summed E-state index contributed by atoms with van der Waals surface area (Å²) in [5.41, 5.74) is 3.45. The highest BCUT2D eigenvalue weighted by atomic mass is 32.1. The second-order valence-electron chi connectivity index (χ2n) is 4.38. The zero-order chi connectivity index (χ0) is 13.0. The minimum absolute atomic E-state index is 0.0841. The molecule has 0 aliphatic rings. The van der Waals surface area contributed by atoms with Gasteiger partial charge in [0.2, 0.25) is 0 Å². The number of rotatable bonds is 4. The topological polar surface area (TPSA) is 36.7 Å². The Bertz CT molecular complexity index is 566. The largest absolute Gasteiger partial charge is 0.241 e. The quantitative estimate of drug-likeness (QED) is 0.821. The third-order valence-corrected chi connectivity index (χ3v) is 3.94. The Morgan fingerprint density at radius 3 is 2.83 bits per heavy atom. The number of hydrogen-bond donors (Lipinski definition) is 0. The van der Waals surface area contributed by atoms with Crippen molar-refractivity contribution in [3.63, 3.8) is 0 Å². The third kappa shape index (κ3) is 2.77. The highest BCUT2D eigenvalue weighted by Crippen LogP contribution is 2.26. The molecule has 1 aromatic carbocycles. The normalized spacial score (nSPS) is 12.1. The summed E-state index contributed by atoms with van der Waals surface area (Å²) in [4.78, 5) is 4.64. The fourth-order valence-corrected chi connectivity index (χ4v) is 2.76. The van der Waals surface area contributed by atoms with E-state index < -0.39 is 0 Å². The minimum atomic E-state index is 0.0841. The van der Waals surface area contributed by atoms with Crippen molar-refractivity contribution in [1.29, 1.82) is 5.26 Å². The molecule has 0 bridgehead atoms. The average Bonchev–Trinajstić information content (AvgIpc) is 2.85. The van der Waals surface area contributed by atoms with E-state index in [9.17, 15) is 0 Å². The Labute approximate surface area is 112 Å². The minimum Gasteiger partial charge on any atom is -0.241 e. The zero-order valence-electron chi connectivity index (χ0n) is 10.7. The Hall–Kier alpha value is -1.66. The van der Waals surface area contributed by atoms with Crippen LogP contribution in [0.2, 0.25) is 0 Å². The van der Waals surface area contributed by atoms with Gasteiger partial charge in [-0.1, -0.05) is 31.2 Å². The van der Waals surface area contributed by atoms with Crippen molar-refractivity contribution in [3.8, 4) is 17.3 Å². The van der Waals surface area contributed by atoms with Crippen molar-refractivity contribution < 1.29 is 0 Å². The zero-order valence-corrected chi connectivity index (χ0v) is 11.5. The van der Waals surface area contributed by atoms with E-state index in [0.717, 1.165) is 23.5 Å². The Kier molecular flexibility index (Phi) is 4.11. The van der Waals surface area contributed by atoms with Gasteiger partial charge in [-0.05, 0) is 18.9 Å². The maximum absolute atomic E-state index is 8.98. The molecule has 1 aromatic heterocycles. The van der Waals surface area contributed by atoms with Crippen LogP contribution in [0.4, 0.5) is 0 Å². The predicted molar refractivity (Wildman–Crippen MR) is 75.4 cm³/mol. The number of nitriles is 1. The molecular weight excluding hydrogens is 240 g/mol. The number of nitrogens with zero attached hydrogens (tertiary/aromatic N) is 2. The van der Waals surface area contributed by atoms with E-state index in [1.54, 1.807) is 11.3 Å². The summed E-state index contributed by atoms with van der Waals surface area (Å²) in [7, 11) is 0. The van der Waals surface area contributed by atoms with Crippen molar-refractivity contribution >= 4 is 11.3 Å². The molecule has 0 fully saturated rings. The van der Waals surface area contributed by atoms with Crippen LogP contribution in [0.1, 0.15) is 23.9 Å². The van der Waals surface area contributed by atoms with E-state index in [1.807, 2.05) is 19.1 Å².